The maximum absolute atomic E-state index is 5.50. The van der Waals surface area contributed by atoms with E-state index in [1.165, 1.54) is 16.6 Å². The smallest absolute Gasteiger partial charge is 0.241 e. The van der Waals surface area contributed by atoms with Crippen LogP contribution in [0.2, 0.25) is 0 Å². The number of aromatic amines is 1. The number of rotatable bonds is 5. The fourth-order valence-corrected chi connectivity index (χ4v) is 4.11. The van der Waals surface area contributed by atoms with E-state index >= 15 is 0 Å². The Morgan fingerprint density at radius 1 is 1.10 bits per heavy atom. The predicted molar refractivity (Wildman–Crippen MR) is 112 cm³/mol. The van der Waals surface area contributed by atoms with Gasteiger partial charge in [-0.05, 0) is 55.6 Å². The average Bonchev–Trinajstić information content (AvgIpc) is 3.41. The zero-order chi connectivity index (χ0) is 19.6. The molecule has 6 heteroatoms. The molecule has 1 fully saturated rings. The summed E-state index contributed by atoms with van der Waals surface area (Å²) in [7, 11) is 1.65. The van der Waals surface area contributed by atoms with Crippen LogP contribution in [0.1, 0.15) is 30.3 Å². The maximum atomic E-state index is 5.50. The molecule has 5 rings (SSSR count). The molecule has 0 unspecified atom stereocenters. The summed E-state index contributed by atoms with van der Waals surface area (Å²) in [5, 5.41) is 5.43. The number of H-pyrrole nitrogens is 1. The third-order valence-corrected chi connectivity index (χ3v) is 5.73. The molecule has 1 aliphatic heterocycles. The molecule has 1 N–H and O–H groups in total. The second-order valence-electron chi connectivity index (χ2n) is 7.61. The van der Waals surface area contributed by atoms with Crippen LogP contribution < -0.4 is 4.74 Å². The van der Waals surface area contributed by atoms with Gasteiger partial charge in [-0.25, -0.2) is 0 Å². The number of para-hydroxylation sites is 1. The summed E-state index contributed by atoms with van der Waals surface area (Å²) in [6.45, 7) is 2.74. The molecule has 2 aromatic carbocycles. The summed E-state index contributed by atoms with van der Waals surface area (Å²) in [5.74, 6) is 2.63. The first kappa shape index (κ1) is 17.9. The van der Waals surface area contributed by atoms with Gasteiger partial charge in [0.2, 0.25) is 11.7 Å². The number of fused-ring (bicyclic) bond motifs is 1. The van der Waals surface area contributed by atoms with Gasteiger partial charge in [-0.15, -0.1) is 0 Å². The maximum Gasteiger partial charge on any atom is 0.241 e. The van der Waals surface area contributed by atoms with Crippen LogP contribution in [-0.2, 0) is 6.54 Å². The van der Waals surface area contributed by atoms with Crippen molar-refractivity contribution in [3.05, 3.63) is 66.2 Å². The number of aromatic nitrogens is 3. The van der Waals surface area contributed by atoms with Gasteiger partial charge in [-0.3, -0.25) is 4.90 Å². The molecule has 0 atom stereocenters. The van der Waals surface area contributed by atoms with E-state index < -0.39 is 0 Å². The summed E-state index contributed by atoms with van der Waals surface area (Å²) < 4.78 is 10.8. The Balaban J connectivity index is 1.21. The number of hydrogen-bond acceptors (Lipinski definition) is 5. The van der Waals surface area contributed by atoms with Crippen molar-refractivity contribution in [1.82, 2.24) is 20.0 Å². The molecule has 0 spiro atoms. The van der Waals surface area contributed by atoms with E-state index in [1.54, 1.807) is 7.11 Å². The predicted octanol–water partition coefficient (Wildman–Crippen LogP) is 4.61. The number of piperidine rings is 1. The van der Waals surface area contributed by atoms with Crippen molar-refractivity contribution in [3.8, 4) is 17.1 Å². The zero-order valence-electron chi connectivity index (χ0n) is 16.5. The lowest BCUT2D eigenvalue weighted by Gasteiger charge is -2.30. The third-order valence-electron chi connectivity index (χ3n) is 5.73. The van der Waals surface area contributed by atoms with E-state index in [0.29, 0.717) is 24.2 Å². The molecule has 2 aromatic heterocycles. The molecular weight excluding hydrogens is 364 g/mol. The van der Waals surface area contributed by atoms with Crippen LogP contribution in [0.5, 0.6) is 5.75 Å². The van der Waals surface area contributed by atoms with Crippen molar-refractivity contribution in [2.75, 3.05) is 20.2 Å². The van der Waals surface area contributed by atoms with Gasteiger partial charge in [0.05, 0.1) is 13.7 Å². The van der Waals surface area contributed by atoms with Crippen LogP contribution in [0, 0.1) is 0 Å². The molecule has 1 aliphatic rings. The van der Waals surface area contributed by atoms with Crippen molar-refractivity contribution in [3.63, 3.8) is 0 Å². The molecule has 1 saturated heterocycles. The number of likely N-dealkylation sites (tertiary alicyclic amines) is 1. The van der Waals surface area contributed by atoms with Crippen LogP contribution >= 0.6 is 0 Å². The van der Waals surface area contributed by atoms with Crippen molar-refractivity contribution < 1.29 is 9.26 Å². The van der Waals surface area contributed by atoms with Crippen LogP contribution in [0.4, 0.5) is 0 Å². The first-order chi connectivity index (χ1) is 14.3. The van der Waals surface area contributed by atoms with Crippen molar-refractivity contribution >= 4 is 10.9 Å². The first-order valence-corrected chi connectivity index (χ1v) is 10.1. The lowest BCUT2D eigenvalue weighted by molar-refractivity contribution is 0.180. The topological polar surface area (TPSA) is 67.2 Å². The Kier molecular flexibility index (Phi) is 4.77. The lowest BCUT2D eigenvalue weighted by Crippen LogP contribution is -2.32. The first-order valence-electron chi connectivity index (χ1n) is 10.1. The number of benzene rings is 2. The van der Waals surface area contributed by atoms with Gasteiger partial charge < -0.3 is 14.2 Å². The van der Waals surface area contributed by atoms with Gasteiger partial charge in [0.15, 0.2) is 0 Å². The van der Waals surface area contributed by atoms with E-state index in [1.807, 2.05) is 24.3 Å². The number of ether oxygens (including phenoxy) is 1. The number of nitrogens with one attached hydrogen (secondary N) is 1. The van der Waals surface area contributed by atoms with Gasteiger partial charge in [-0.1, -0.05) is 35.5 Å². The Morgan fingerprint density at radius 3 is 2.79 bits per heavy atom. The van der Waals surface area contributed by atoms with Crippen molar-refractivity contribution in [1.29, 1.82) is 0 Å². The van der Waals surface area contributed by atoms with E-state index in [4.69, 9.17) is 9.26 Å². The quantitative estimate of drug-likeness (QED) is 0.541. The SMILES string of the molecule is COc1cccc(-c2noc(CN3CCC(c4cc5ccccc5[nH]4)CC3)n2)c1. The molecule has 3 heterocycles. The second kappa shape index (κ2) is 7.72. The van der Waals surface area contributed by atoms with Crippen molar-refractivity contribution in [2.45, 2.75) is 25.3 Å². The van der Waals surface area contributed by atoms with E-state index in [2.05, 4.69) is 50.4 Å². The van der Waals surface area contributed by atoms with E-state index in [0.717, 1.165) is 37.2 Å². The highest BCUT2D eigenvalue weighted by atomic mass is 16.5. The minimum atomic E-state index is 0.577. The van der Waals surface area contributed by atoms with Gasteiger partial charge in [0, 0.05) is 22.7 Å². The number of methoxy groups -OCH3 is 1. The van der Waals surface area contributed by atoms with Crippen molar-refractivity contribution in [2.24, 2.45) is 0 Å². The van der Waals surface area contributed by atoms with E-state index in [9.17, 15) is 0 Å². The zero-order valence-corrected chi connectivity index (χ0v) is 16.5. The summed E-state index contributed by atoms with van der Waals surface area (Å²) in [4.78, 5) is 10.6. The molecule has 6 nitrogen and oxygen atoms in total. The minimum Gasteiger partial charge on any atom is -0.497 e. The van der Waals surface area contributed by atoms with Crippen LogP contribution in [0.25, 0.3) is 22.3 Å². The Morgan fingerprint density at radius 2 is 1.97 bits per heavy atom. The molecule has 0 saturated carbocycles. The largest absolute Gasteiger partial charge is 0.497 e. The molecular formula is C23H24N4O2. The monoisotopic (exact) mass is 388 g/mol. The van der Waals surface area contributed by atoms with Gasteiger partial charge in [0.25, 0.3) is 0 Å². The van der Waals surface area contributed by atoms with Gasteiger partial charge >= 0.3 is 0 Å². The summed E-state index contributed by atoms with van der Waals surface area (Å²) in [5.41, 5.74) is 3.47. The Bertz CT molecular complexity index is 1080. The number of nitrogens with zero attached hydrogens (tertiary/aromatic N) is 3. The Labute approximate surface area is 169 Å². The second-order valence-corrected chi connectivity index (χ2v) is 7.61. The van der Waals surface area contributed by atoms with E-state index in [-0.39, 0.29) is 0 Å². The molecule has 0 aliphatic carbocycles. The molecule has 0 amide bonds. The Hall–Kier alpha value is -3.12. The molecule has 0 radical (unpaired) electrons. The van der Waals surface area contributed by atoms with Gasteiger partial charge in [-0.2, -0.15) is 4.98 Å². The molecule has 29 heavy (non-hydrogen) atoms. The number of hydrogen-bond donors (Lipinski definition) is 1. The fraction of sp³-hybridized carbons (Fsp3) is 0.304. The molecule has 0 bridgehead atoms. The van der Waals surface area contributed by atoms with Crippen LogP contribution in [-0.4, -0.2) is 40.2 Å². The highest BCUT2D eigenvalue weighted by Gasteiger charge is 2.23. The van der Waals surface area contributed by atoms with Crippen LogP contribution in [0.15, 0.2) is 59.1 Å². The summed E-state index contributed by atoms with van der Waals surface area (Å²) in [6.07, 6.45) is 2.26. The summed E-state index contributed by atoms with van der Waals surface area (Å²) in [6, 6.07) is 18.5. The third kappa shape index (κ3) is 3.76. The normalized spacial score (nSPS) is 15.8. The molecule has 4 aromatic rings. The average molecular weight is 388 g/mol. The minimum absolute atomic E-state index is 0.577. The summed E-state index contributed by atoms with van der Waals surface area (Å²) >= 11 is 0. The van der Waals surface area contributed by atoms with Crippen LogP contribution in [0.3, 0.4) is 0 Å². The van der Waals surface area contributed by atoms with Gasteiger partial charge in [0.1, 0.15) is 5.75 Å². The fourth-order valence-electron chi connectivity index (χ4n) is 4.11. The standard InChI is InChI=1S/C23H24N4O2/c1-28-19-7-4-6-18(13-19)23-25-22(29-26-23)15-27-11-9-16(10-12-27)21-14-17-5-2-3-8-20(17)24-21/h2-8,13-14,16,24H,9-12,15H2,1H3. The highest BCUT2D eigenvalue weighted by Crippen LogP contribution is 2.30. The lowest BCUT2D eigenvalue weighted by atomic mass is 9.93. The molecule has 148 valence electrons. The highest BCUT2D eigenvalue weighted by molar-refractivity contribution is 5.80.